The van der Waals surface area contributed by atoms with Crippen molar-refractivity contribution in [3.05, 3.63) is 50.0 Å². The van der Waals surface area contributed by atoms with Crippen molar-refractivity contribution in [1.82, 2.24) is 14.8 Å². The number of phenols is 1. The topological polar surface area (TPSA) is 80.0 Å². The molecule has 0 atom stereocenters. The average Bonchev–Trinajstić information content (AvgIpc) is 2.98. The Kier molecular flexibility index (Phi) is 6.43. The van der Waals surface area contributed by atoms with Crippen molar-refractivity contribution in [2.45, 2.75) is 12.1 Å². The molecule has 0 aliphatic heterocycles. The molecule has 1 heterocycles. The normalized spacial score (nSPS) is 10.8. The van der Waals surface area contributed by atoms with Crippen molar-refractivity contribution in [3.8, 4) is 17.1 Å². The standard InChI is InChI=1S/C18H16BrIN4O2S/c1-10-7-12(20)4-5-14(10)21-16(26)9-27-18-23-22-17(24(18)2)13-8-11(19)3-6-15(13)25/h3-8,25H,9H2,1-2H3,(H,21,26). The number of aryl methyl sites for hydroxylation is 1. The fourth-order valence-electron chi connectivity index (χ4n) is 2.45. The first kappa shape index (κ1) is 20.2. The van der Waals surface area contributed by atoms with E-state index in [-0.39, 0.29) is 17.4 Å². The van der Waals surface area contributed by atoms with Crippen LogP contribution in [-0.4, -0.2) is 31.5 Å². The summed E-state index contributed by atoms with van der Waals surface area (Å²) in [4.78, 5) is 12.3. The number of nitrogens with zero attached hydrogens (tertiary/aromatic N) is 3. The lowest BCUT2D eigenvalue weighted by atomic mass is 10.2. The Balaban J connectivity index is 1.69. The summed E-state index contributed by atoms with van der Waals surface area (Å²) >= 11 is 6.92. The molecule has 27 heavy (non-hydrogen) atoms. The summed E-state index contributed by atoms with van der Waals surface area (Å²) in [5, 5.41) is 21.9. The number of rotatable bonds is 5. The van der Waals surface area contributed by atoms with Gasteiger partial charge in [-0.25, -0.2) is 0 Å². The van der Waals surface area contributed by atoms with E-state index >= 15 is 0 Å². The number of aromatic nitrogens is 3. The molecule has 0 radical (unpaired) electrons. The maximum atomic E-state index is 12.3. The molecule has 0 spiro atoms. The monoisotopic (exact) mass is 558 g/mol. The molecule has 3 aromatic rings. The quantitative estimate of drug-likeness (QED) is 0.353. The highest BCUT2D eigenvalue weighted by molar-refractivity contribution is 14.1. The van der Waals surface area contributed by atoms with Gasteiger partial charge in [0.15, 0.2) is 11.0 Å². The zero-order chi connectivity index (χ0) is 19.6. The molecule has 140 valence electrons. The van der Waals surface area contributed by atoms with Gasteiger partial charge in [0.05, 0.1) is 11.3 Å². The molecule has 0 unspecified atom stereocenters. The van der Waals surface area contributed by atoms with E-state index in [0.717, 1.165) is 19.3 Å². The number of hydrogen-bond acceptors (Lipinski definition) is 5. The Morgan fingerprint density at radius 1 is 1.30 bits per heavy atom. The van der Waals surface area contributed by atoms with Crippen LogP contribution in [-0.2, 0) is 11.8 Å². The lowest BCUT2D eigenvalue weighted by Crippen LogP contribution is -2.15. The molecular formula is C18H16BrIN4O2S. The van der Waals surface area contributed by atoms with Gasteiger partial charge in [-0.3, -0.25) is 4.79 Å². The van der Waals surface area contributed by atoms with Crippen molar-refractivity contribution in [1.29, 1.82) is 0 Å². The van der Waals surface area contributed by atoms with Gasteiger partial charge < -0.3 is 15.0 Å². The highest BCUT2D eigenvalue weighted by Gasteiger charge is 2.16. The summed E-state index contributed by atoms with van der Waals surface area (Å²) < 4.78 is 3.72. The van der Waals surface area contributed by atoms with Crippen LogP contribution in [0.5, 0.6) is 5.75 Å². The number of anilines is 1. The van der Waals surface area contributed by atoms with E-state index in [1.54, 1.807) is 29.8 Å². The average molecular weight is 559 g/mol. The van der Waals surface area contributed by atoms with Crippen molar-refractivity contribution in [2.24, 2.45) is 7.05 Å². The maximum absolute atomic E-state index is 12.3. The molecule has 0 saturated carbocycles. The van der Waals surface area contributed by atoms with Gasteiger partial charge in [-0.05, 0) is 71.5 Å². The van der Waals surface area contributed by atoms with Crippen LogP contribution in [0.25, 0.3) is 11.4 Å². The second-order valence-electron chi connectivity index (χ2n) is 5.82. The summed E-state index contributed by atoms with van der Waals surface area (Å²) in [6, 6.07) is 11.0. The highest BCUT2D eigenvalue weighted by Crippen LogP contribution is 2.32. The number of carbonyl (C=O) groups excluding carboxylic acids is 1. The first-order valence-corrected chi connectivity index (χ1v) is 10.8. The van der Waals surface area contributed by atoms with Crippen LogP contribution >= 0.6 is 50.3 Å². The first-order chi connectivity index (χ1) is 12.8. The van der Waals surface area contributed by atoms with Crippen molar-refractivity contribution in [3.63, 3.8) is 0 Å². The lowest BCUT2D eigenvalue weighted by molar-refractivity contribution is -0.113. The van der Waals surface area contributed by atoms with Crippen LogP contribution in [0.4, 0.5) is 5.69 Å². The summed E-state index contributed by atoms with van der Waals surface area (Å²) in [5.74, 6) is 0.753. The van der Waals surface area contributed by atoms with E-state index < -0.39 is 0 Å². The maximum Gasteiger partial charge on any atom is 0.234 e. The zero-order valence-corrected chi connectivity index (χ0v) is 19.1. The van der Waals surface area contributed by atoms with Gasteiger partial charge in [-0.1, -0.05) is 27.7 Å². The van der Waals surface area contributed by atoms with Crippen molar-refractivity contribution < 1.29 is 9.90 Å². The smallest absolute Gasteiger partial charge is 0.234 e. The molecule has 1 amide bonds. The molecular weight excluding hydrogens is 543 g/mol. The van der Waals surface area contributed by atoms with E-state index in [0.29, 0.717) is 16.5 Å². The lowest BCUT2D eigenvalue weighted by Gasteiger charge is -2.09. The number of halogens is 2. The fourth-order valence-corrected chi connectivity index (χ4v) is 4.17. The van der Waals surface area contributed by atoms with E-state index in [1.165, 1.54) is 11.8 Å². The summed E-state index contributed by atoms with van der Waals surface area (Å²) in [5.41, 5.74) is 2.40. The number of amides is 1. The Labute approximate surface area is 183 Å². The number of thioether (sulfide) groups is 1. The van der Waals surface area contributed by atoms with Crippen molar-refractivity contribution >= 4 is 61.9 Å². The molecule has 0 bridgehead atoms. The minimum absolute atomic E-state index is 0.112. The second kappa shape index (κ2) is 8.61. The Bertz CT molecular complexity index is 1010. The summed E-state index contributed by atoms with van der Waals surface area (Å²) in [6.45, 7) is 1.96. The molecule has 3 rings (SSSR count). The molecule has 0 fully saturated rings. The summed E-state index contributed by atoms with van der Waals surface area (Å²) in [7, 11) is 1.80. The zero-order valence-electron chi connectivity index (χ0n) is 14.5. The third kappa shape index (κ3) is 4.82. The predicted octanol–water partition coefficient (Wildman–Crippen LogP) is 4.59. The van der Waals surface area contributed by atoms with Crippen LogP contribution in [0.15, 0.2) is 46.0 Å². The minimum atomic E-state index is -0.112. The van der Waals surface area contributed by atoms with Crippen molar-refractivity contribution in [2.75, 3.05) is 11.1 Å². The number of carbonyl (C=O) groups is 1. The largest absolute Gasteiger partial charge is 0.507 e. The SMILES string of the molecule is Cc1cc(I)ccc1NC(=O)CSc1nnc(-c2cc(Br)ccc2O)n1C. The van der Waals surface area contributed by atoms with Crippen LogP contribution in [0.3, 0.4) is 0 Å². The van der Waals surface area contributed by atoms with E-state index in [2.05, 4.69) is 54.0 Å². The molecule has 0 aliphatic carbocycles. The molecule has 2 aromatic carbocycles. The fraction of sp³-hybridized carbons (Fsp3) is 0.167. The Morgan fingerprint density at radius 3 is 2.81 bits per heavy atom. The van der Waals surface area contributed by atoms with Gasteiger partial charge in [-0.15, -0.1) is 10.2 Å². The van der Waals surface area contributed by atoms with Gasteiger partial charge in [0, 0.05) is 20.8 Å². The van der Waals surface area contributed by atoms with E-state index in [9.17, 15) is 9.90 Å². The van der Waals surface area contributed by atoms with E-state index in [1.807, 2.05) is 25.1 Å². The summed E-state index contributed by atoms with van der Waals surface area (Å²) in [6.07, 6.45) is 0. The molecule has 6 nitrogen and oxygen atoms in total. The van der Waals surface area contributed by atoms with E-state index in [4.69, 9.17) is 0 Å². The number of nitrogens with one attached hydrogen (secondary N) is 1. The number of phenolic OH excluding ortho intramolecular Hbond substituents is 1. The predicted molar refractivity (Wildman–Crippen MR) is 119 cm³/mol. The molecule has 0 saturated heterocycles. The number of hydrogen-bond donors (Lipinski definition) is 2. The molecule has 9 heteroatoms. The van der Waals surface area contributed by atoms with Gasteiger partial charge in [0.1, 0.15) is 5.75 Å². The van der Waals surface area contributed by atoms with Crippen LogP contribution < -0.4 is 5.32 Å². The van der Waals surface area contributed by atoms with Gasteiger partial charge in [-0.2, -0.15) is 0 Å². The minimum Gasteiger partial charge on any atom is -0.507 e. The second-order valence-corrected chi connectivity index (χ2v) is 8.93. The number of benzene rings is 2. The third-order valence-corrected chi connectivity index (χ3v) is 6.01. The van der Waals surface area contributed by atoms with Gasteiger partial charge in [0.25, 0.3) is 0 Å². The first-order valence-electron chi connectivity index (χ1n) is 7.92. The van der Waals surface area contributed by atoms with Crippen LogP contribution in [0.2, 0.25) is 0 Å². The van der Waals surface area contributed by atoms with Gasteiger partial charge >= 0.3 is 0 Å². The van der Waals surface area contributed by atoms with Gasteiger partial charge in [0.2, 0.25) is 5.91 Å². The molecule has 1 aromatic heterocycles. The third-order valence-electron chi connectivity index (χ3n) is 3.83. The van der Waals surface area contributed by atoms with Crippen LogP contribution in [0, 0.1) is 10.5 Å². The van der Waals surface area contributed by atoms with Crippen LogP contribution in [0.1, 0.15) is 5.56 Å². The highest BCUT2D eigenvalue weighted by atomic mass is 127. The molecule has 2 N–H and O–H groups in total. The Hall–Kier alpha value is -1.59. The molecule has 0 aliphatic rings. The number of aromatic hydroxyl groups is 1. The Morgan fingerprint density at radius 2 is 2.07 bits per heavy atom.